The van der Waals surface area contributed by atoms with Gasteiger partial charge in [0.2, 0.25) is 5.91 Å². The van der Waals surface area contributed by atoms with Gasteiger partial charge in [-0.25, -0.2) is 4.79 Å². The van der Waals surface area contributed by atoms with Gasteiger partial charge in [-0.15, -0.1) is 0 Å². The Bertz CT molecular complexity index is 639. The number of rotatable bonds is 6. The molecule has 0 radical (unpaired) electrons. The Morgan fingerprint density at radius 3 is 2.57 bits per heavy atom. The lowest BCUT2D eigenvalue weighted by molar-refractivity contribution is -0.123. The van der Waals surface area contributed by atoms with Gasteiger partial charge >= 0.3 is 6.09 Å². The zero-order valence-electron chi connectivity index (χ0n) is 18.7. The second-order valence-corrected chi connectivity index (χ2v) is 9.59. The van der Waals surface area contributed by atoms with Crippen molar-refractivity contribution >= 4 is 18.0 Å². The van der Waals surface area contributed by atoms with E-state index in [1.807, 2.05) is 20.8 Å². The van der Waals surface area contributed by atoms with Crippen LogP contribution in [0.15, 0.2) is 4.99 Å². The van der Waals surface area contributed by atoms with Crippen molar-refractivity contribution in [2.24, 2.45) is 16.6 Å². The van der Waals surface area contributed by atoms with Crippen LogP contribution in [-0.2, 0) is 9.53 Å². The fourth-order valence-electron chi connectivity index (χ4n) is 4.32. The van der Waals surface area contributed by atoms with Crippen LogP contribution < -0.4 is 11.1 Å². The smallest absolute Gasteiger partial charge is 0.410 e. The van der Waals surface area contributed by atoms with Crippen molar-refractivity contribution < 1.29 is 14.3 Å². The number of primary amides is 1. The van der Waals surface area contributed by atoms with Crippen LogP contribution in [0, 0.1) is 5.92 Å². The molecule has 9 heteroatoms. The molecule has 0 aromatic heterocycles. The fourth-order valence-corrected chi connectivity index (χ4v) is 4.32. The summed E-state index contributed by atoms with van der Waals surface area (Å²) in [5.74, 6) is 0.875. The molecular formula is C21H38N6O3. The van der Waals surface area contributed by atoms with E-state index in [1.165, 1.54) is 0 Å². The second-order valence-electron chi connectivity index (χ2n) is 9.59. The maximum atomic E-state index is 12.3. The van der Waals surface area contributed by atoms with E-state index in [4.69, 9.17) is 10.5 Å². The quantitative estimate of drug-likeness (QED) is 0.615. The van der Waals surface area contributed by atoms with Crippen molar-refractivity contribution in [1.82, 2.24) is 20.0 Å². The van der Waals surface area contributed by atoms with Gasteiger partial charge in [-0.1, -0.05) is 0 Å². The molecule has 3 rings (SSSR count). The molecule has 3 N–H and O–H groups in total. The largest absolute Gasteiger partial charge is 0.444 e. The number of likely N-dealkylation sites (tertiary alicyclic amines) is 1. The molecule has 1 atom stereocenters. The van der Waals surface area contributed by atoms with E-state index >= 15 is 0 Å². The lowest BCUT2D eigenvalue weighted by Gasteiger charge is -2.39. The first-order valence-electron chi connectivity index (χ1n) is 11.3. The van der Waals surface area contributed by atoms with Crippen LogP contribution in [0.4, 0.5) is 4.79 Å². The van der Waals surface area contributed by atoms with Crippen LogP contribution in [0.1, 0.15) is 46.5 Å². The number of nitrogens with two attached hydrogens (primary N) is 1. The van der Waals surface area contributed by atoms with Gasteiger partial charge in [0.25, 0.3) is 0 Å². The first kappa shape index (κ1) is 22.7. The molecule has 9 nitrogen and oxygen atoms in total. The van der Waals surface area contributed by atoms with Crippen molar-refractivity contribution in [3.8, 4) is 0 Å². The fraction of sp³-hybridized carbons (Fsp3) is 0.857. The van der Waals surface area contributed by atoms with Crippen LogP contribution in [0.2, 0.25) is 0 Å². The summed E-state index contributed by atoms with van der Waals surface area (Å²) in [6, 6.07) is 0.236. The number of carbonyl (C=O) groups excluding carboxylic acids is 2. The molecule has 3 heterocycles. The molecule has 0 bridgehead atoms. The molecule has 2 amide bonds. The van der Waals surface area contributed by atoms with Crippen LogP contribution in [0.3, 0.4) is 0 Å². The number of unbranched alkanes of at least 4 members (excludes halogenated alkanes) is 1. The molecule has 0 spiro atoms. The highest BCUT2D eigenvalue weighted by Crippen LogP contribution is 2.19. The Morgan fingerprint density at radius 2 is 1.90 bits per heavy atom. The molecule has 3 aliphatic rings. The average molecular weight is 423 g/mol. The van der Waals surface area contributed by atoms with Crippen molar-refractivity contribution in [2.45, 2.75) is 58.1 Å². The number of amides is 2. The molecule has 0 aromatic carbocycles. The average Bonchev–Trinajstić information content (AvgIpc) is 3.09. The maximum absolute atomic E-state index is 12.3. The molecule has 0 aromatic rings. The number of ether oxygens (including phenoxy) is 1. The number of nitrogens with one attached hydrogen (secondary N) is 1. The van der Waals surface area contributed by atoms with Crippen LogP contribution >= 0.6 is 0 Å². The Balaban J connectivity index is 1.30. The van der Waals surface area contributed by atoms with Gasteiger partial charge in [-0.2, -0.15) is 0 Å². The van der Waals surface area contributed by atoms with E-state index in [1.54, 1.807) is 4.90 Å². The lowest BCUT2D eigenvalue weighted by atomic mass is 9.96. The Kier molecular flexibility index (Phi) is 7.44. The molecule has 1 unspecified atom stereocenters. The third-order valence-corrected chi connectivity index (χ3v) is 6.03. The molecular weight excluding hydrogens is 384 g/mol. The Morgan fingerprint density at radius 1 is 1.17 bits per heavy atom. The van der Waals surface area contributed by atoms with Crippen molar-refractivity contribution in [1.29, 1.82) is 0 Å². The third-order valence-electron chi connectivity index (χ3n) is 6.03. The first-order valence-corrected chi connectivity index (χ1v) is 11.3. The monoisotopic (exact) mass is 422 g/mol. The number of guanidine groups is 1. The molecule has 2 saturated heterocycles. The molecule has 0 saturated carbocycles. The topological polar surface area (TPSA) is 104 Å². The first-order chi connectivity index (χ1) is 14.2. The summed E-state index contributed by atoms with van der Waals surface area (Å²) in [6.45, 7) is 12.4. The number of nitrogens with zero attached hydrogens (tertiary/aromatic N) is 4. The summed E-state index contributed by atoms with van der Waals surface area (Å²) in [4.78, 5) is 34.7. The molecule has 170 valence electrons. The van der Waals surface area contributed by atoms with Gasteiger partial charge in [-0.05, 0) is 66.1 Å². The number of piperidine rings is 1. The van der Waals surface area contributed by atoms with Gasteiger partial charge in [0.15, 0.2) is 5.96 Å². The highest BCUT2D eigenvalue weighted by Gasteiger charge is 2.36. The van der Waals surface area contributed by atoms with Gasteiger partial charge in [0, 0.05) is 32.1 Å². The highest BCUT2D eigenvalue weighted by atomic mass is 16.6. The highest BCUT2D eigenvalue weighted by molar-refractivity contribution is 5.82. The van der Waals surface area contributed by atoms with E-state index in [9.17, 15) is 9.59 Å². The van der Waals surface area contributed by atoms with Crippen molar-refractivity contribution in [3.63, 3.8) is 0 Å². The number of piperazine rings is 1. The van der Waals surface area contributed by atoms with E-state index in [-0.39, 0.29) is 24.0 Å². The van der Waals surface area contributed by atoms with Gasteiger partial charge in [-0.3, -0.25) is 9.79 Å². The van der Waals surface area contributed by atoms with Crippen LogP contribution in [-0.4, -0.2) is 96.7 Å². The van der Waals surface area contributed by atoms with E-state index in [2.05, 4.69) is 20.1 Å². The predicted molar refractivity (Wildman–Crippen MR) is 116 cm³/mol. The Labute approximate surface area is 180 Å². The lowest BCUT2D eigenvalue weighted by Crippen LogP contribution is -2.57. The summed E-state index contributed by atoms with van der Waals surface area (Å²) >= 11 is 0. The number of carbonyl (C=O) groups is 2. The van der Waals surface area contributed by atoms with E-state index in [0.717, 1.165) is 70.9 Å². The normalized spacial score (nSPS) is 23.2. The zero-order valence-corrected chi connectivity index (χ0v) is 18.7. The molecule has 0 aliphatic carbocycles. The number of hydrogen-bond donors (Lipinski definition) is 2. The number of fused-ring (bicyclic) bond motifs is 1. The van der Waals surface area contributed by atoms with Gasteiger partial charge < -0.3 is 30.5 Å². The number of aliphatic imine (C=N–C) groups is 1. The summed E-state index contributed by atoms with van der Waals surface area (Å²) in [5, 5.41) is 3.48. The minimum absolute atomic E-state index is 0.0621. The minimum atomic E-state index is -0.467. The van der Waals surface area contributed by atoms with Crippen molar-refractivity contribution in [2.75, 3.05) is 52.4 Å². The SMILES string of the molecule is CC(C)(C)OC(=O)N1CCN2C(NCCCCN3CCC(C(N)=O)CC3)=NCC2C1. The number of hydrogen-bond acceptors (Lipinski definition) is 7. The molecule has 30 heavy (non-hydrogen) atoms. The zero-order chi connectivity index (χ0) is 21.7. The maximum Gasteiger partial charge on any atom is 0.410 e. The summed E-state index contributed by atoms with van der Waals surface area (Å²) in [7, 11) is 0. The summed E-state index contributed by atoms with van der Waals surface area (Å²) < 4.78 is 5.50. The van der Waals surface area contributed by atoms with E-state index < -0.39 is 5.60 Å². The molecule has 2 fully saturated rings. The van der Waals surface area contributed by atoms with Crippen LogP contribution in [0.5, 0.6) is 0 Å². The van der Waals surface area contributed by atoms with Crippen molar-refractivity contribution in [3.05, 3.63) is 0 Å². The summed E-state index contributed by atoms with van der Waals surface area (Å²) in [5.41, 5.74) is 4.93. The van der Waals surface area contributed by atoms with Crippen LogP contribution in [0.25, 0.3) is 0 Å². The predicted octanol–water partition coefficient (Wildman–Crippen LogP) is 0.844. The van der Waals surface area contributed by atoms with E-state index in [0.29, 0.717) is 13.1 Å². The standard InChI is InChI=1S/C21H38N6O3/c1-21(2,3)30-20(29)26-12-13-27-17(15-26)14-24-19(27)23-8-4-5-9-25-10-6-16(7-11-25)18(22)28/h16-17H,4-15H2,1-3H3,(H2,22,28)(H,23,24). The second kappa shape index (κ2) is 9.85. The third kappa shape index (κ3) is 6.23. The van der Waals surface area contributed by atoms with Gasteiger partial charge in [0.1, 0.15) is 5.60 Å². The summed E-state index contributed by atoms with van der Waals surface area (Å²) in [6.07, 6.45) is 3.75. The Hall–Kier alpha value is -2.03. The minimum Gasteiger partial charge on any atom is -0.444 e. The van der Waals surface area contributed by atoms with Gasteiger partial charge in [0.05, 0.1) is 12.6 Å². The molecule has 3 aliphatic heterocycles.